The second-order valence-electron chi connectivity index (χ2n) is 2.81. The van der Waals surface area contributed by atoms with Crippen LogP contribution in [0.4, 0.5) is 39.5 Å². The molecule has 112 valence electrons. The van der Waals surface area contributed by atoms with Gasteiger partial charge in [0.15, 0.2) is 0 Å². The van der Waals surface area contributed by atoms with Gasteiger partial charge < -0.3 is 10.5 Å². The van der Waals surface area contributed by atoms with Crippen LogP contribution in [0, 0.1) is 0 Å². The molecular weight excluding hydrogens is 309 g/mol. The first kappa shape index (κ1) is 19.9. The van der Waals surface area contributed by atoms with E-state index in [4.69, 9.17) is 0 Å². The molecule has 0 fully saturated rings. The molecule has 0 rings (SSSR count). The smallest absolute Gasteiger partial charge is 0.350 e. The third-order valence-electron chi connectivity index (χ3n) is 1.63. The molecule has 0 radical (unpaired) electrons. The molecule has 0 spiro atoms. The van der Waals surface area contributed by atoms with Crippen LogP contribution in [-0.2, 0) is 4.74 Å². The van der Waals surface area contributed by atoms with Crippen LogP contribution in [0.3, 0.4) is 0 Å². The lowest BCUT2D eigenvalue weighted by atomic mass is 10.0. The monoisotopic (exact) mass is 315 g/mol. The first-order valence-corrected chi connectivity index (χ1v) is 3.85. The number of hydrogen-bond acceptors (Lipinski definition) is 2. The van der Waals surface area contributed by atoms with E-state index >= 15 is 0 Å². The number of ether oxygens (including phenoxy) is 1. The van der Waals surface area contributed by atoms with Gasteiger partial charge in [0.25, 0.3) is 0 Å². The minimum absolute atomic E-state index is 0. The van der Waals surface area contributed by atoms with E-state index in [0.717, 1.165) is 0 Å². The van der Waals surface area contributed by atoms with Crippen LogP contribution in [0.25, 0.3) is 0 Å². The van der Waals surface area contributed by atoms with Crippen LogP contribution >= 0.6 is 12.4 Å². The maximum Gasteiger partial charge on any atom is 0.435 e. The van der Waals surface area contributed by atoms with Crippen molar-refractivity contribution in [1.29, 1.82) is 0 Å². The molecule has 18 heavy (non-hydrogen) atoms. The number of nitrogens with two attached hydrogens (primary N) is 1. The van der Waals surface area contributed by atoms with Crippen LogP contribution in [0.1, 0.15) is 0 Å². The van der Waals surface area contributed by atoms with Crippen molar-refractivity contribution in [2.24, 2.45) is 5.73 Å². The van der Waals surface area contributed by atoms with Gasteiger partial charge in [-0.3, -0.25) is 0 Å². The zero-order chi connectivity index (χ0) is 14.1. The molecule has 0 heterocycles. The first-order valence-electron chi connectivity index (χ1n) is 3.85. The quantitative estimate of drug-likeness (QED) is 0.813. The van der Waals surface area contributed by atoms with Gasteiger partial charge in [0.05, 0.1) is 6.61 Å². The number of rotatable bonds is 3. The highest BCUT2D eigenvalue weighted by Gasteiger charge is 2.85. The SMILES string of the molecule is Cl.NCCOC(C(F)(F)F)(C(F)(F)F)C(F)(F)F. The Morgan fingerprint density at radius 1 is 0.722 bits per heavy atom. The molecule has 0 atom stereocenters. The maximum atomic E-state index is 12.1. The van der Waals surface area contributed by atoms with Crippen molar-refractivity contribution in [2.75, 3.05) is 13.2 Å². The molecule has 0 aromatic carbocycles. The minimum Gasteiger partial charge on any atom is -0.350 e. The van der Waals surface area contributed by atoms with Crippen molar-refractivity contribution in [3.63, 3.8) is 0 Å². The van der Waals surface area contributed by atoms with Gasteiger partial charge in [-0.15, -0.1) is 12.4 Å². The summed E-state index contributed by atoms with van der Waals surface area (Å²) in [5, 5.41) is 0. The molecule has 0 saturated carbocycles. The number of halogens is 10. The second kappa shape index (κ2) is 5.70. The predicted molar refractivity (Wildman–Crippen MR) is 43.2 cm³/mol. The van der Waals surface area contributed by atoms with Crippen LogP contribution in [0.2, 0.25) is 0 Å². The van der Waals surface area contributed by atoms with Crippen molar-refractivity contribution in [3.8, 4) is 0 Å². The van der Waals surface area contributed by atoms with Gasteiger partial charge >= 0.3 is 24.1 Å². The first-order chi connectivity index (χ1) is 7.31. The van der Waals surface area contributed by atoms with Gasteiger partial charge in [0.1, 0.15) is 0 Å². The number of alkyl halides is 9. The van der Waals surface area contributed by atoms with E-state index in [2.05, 4.69) is 10.5 Å². The summed E-state index contributed by atoms with van der Waals surface area (Å²) in [5.74, 6) is 0. The molecular formula is C6H7ClF9NO. The zero-order valence-corrected chi connectivity index (χ0v) is 9.03. The molecule has 0 aromatic rings. The van der Waals surface area contributed by atoms with E-state index in [-0.39, 0.29) is 12.4 Å². The molecule has 0 aliphatic rings. The van der Waals surface area contributed by atoms with Crippen molar-refractivity contribution < 1.29 is 44.3 Å². The maximum absolute atomic E-state index is 12.1. The second-order valence-corrected chi connectivity index (χ2v) is 2.81. The van der Waals surface area contributed by atoms with Crippen LogP contribution in [0.15, 0.2) is 0 Å². The van der Waals surface area contributed by atoms with Crippen molar-refractivity contribution in [1.82, 2.24) is 0 Å². The summed E-state index contributed by atoms with van der Waals surface area (Å²) in [6, 6.07) is 0. The fourth-order valence-corrected chi connectivity index (χ4v) is 0.940. The van der Waals surface area contributed by atoms with Gasteiger partial charge in [-0.2, -0.15) is 39.5 Å². The van der Waals surface area contributed by atoms with E-state index < -0.39 is 37.3 Å². The van der Waals surface area contributed by atoms with E-state index in [1.54, 1.807) is 0 Å². The molecule has 12 heteroatoms. The summed E-state index contributed by atoms with van der Waals surface area (Å²) in [7, 11) is 0. The van der Waals surface area contributed by atoms with Gasteiger partial charge in [-0.05, 0) is 0 Å². The van der Waals surface area contributed by atoms with E-state index in [1.807, 2.05) is 0 Å². The molecule has 0 aromatic heterocycles. The summed E-state index contributed by atoms with van der Waals surface area (Å²) in [4.78, 5) is 0. The summed E-state index contributed by atoms with van der Waals surface area (Å²) < 4.78 is 112. The summed E-state index contributed by atoms with van der Waals surface area (Å²) >= 11 is 0. The molecule has 0 aliphatic heterocycles. The lowest BCUT2D eigenvalue weighted by Crippen LogP contribution is -2.68. The Morgan fingerprint density at radius 2 is 1.00 bits per heavy atom. The van der Waals surface area contributed by atoms with E-state index in [9.17, 15) is 39.5 Å². The summed E-state index contributed by atoms with van der Waals surface area (Å²) in [6.45, 7) is -2.47. The topological polar surface area (TPSA) is 35.2 Å². The van der Waals surface area contributed by atoms with E-state index in [1.165, 1.54) is 0 Å². The van der Waals surface area contributed by atoms with Crippen LogP contribution in [0.5, 0.6) is 0 Å². The molecule has 0 unspecified atom stereocenters. The summed E-state index contributed by atoms with van der Waals surface area (Å²) in [5.41, 5.74) is -1.68. The zero-order valence-electron chi connectivity index (χ0n) is 8.21. The minimum atomic E-state index is -6.70. The Bertz CT molecular complexity index is 221. The Labute approximate surface area is 101 Å². The highest BCUT2D eigenvalue weighted by atomic mass is 35.5. The van der Waals surface area contributed by atoms with Crippen LogP contribution < -0.4 is 5.73 Å². The van der Waals surface area contributed by atoms with Gasteiger partial charge in [-0.1, -0.05) is 0 Å². The Morgan fingerprint density at radius 3 is 1.17 bits per heavy atom. The van der Waals surface area contributed by atoms with E-state index in [0.29, 0.717) is 0 Å². The van der Waals surface area contributed by atoms with Gasteiger partial charge in [0, 0.05) is 6.54 Å². The van der Waals surface area contributed by atoms with Crippen molar-refractivity contribution >= 4 is 12.4 Å². The van der Waals surface area contributed by atoms with Gasteiger partial charge in [-0.25, -0.2) is 0 Å². The van der Waals surface area contributed by atoms with Crippen molar-refractivity contribution in [3.05, 3.63) is 0 Å². The molecule has 0 saturated heterocycles. The third kappa shape index (κ3) is 3.32. The average Bonchev–Trinajstić information content (AvgIpc) is 1.96. The largest absolute Gasteiger partial charge is 0.435 e. The molecule has 0 amide bonds. The highest BCUT2D eigenvalue weighted by Crippen LogP contribution is 2.54. The fraction of sp³-hybridized carbons (Fsp3) is 1.00. The van der Waals surface area contributed by atoms with Gasteiger partial charge in [0.2, 0.25) is 0 Å². The Hall–Kier alpha value is -0.420. The normalized spacial score (nSPS) is 14.3. The van der Waals surface area contributed by atoms with Crippen LogP contribution in [-0.4, -0.2) is 37.3 Å². The molecule has 0 bridgehead atoms. The molecule has 0 aliphatic carbocycles. The number of hydrogen-bond donors (Lipinski definition) is 1. The molecule has 2 N–H and O–H groups in total. The van der Waals surface area contributed by atoms with Crippen molar-refractivity contribution in [2.45, 2.75) is 24.1 Å². The standard InChI is InChI=1S/C6H6F9NO.ClH/c7-4(8,9)3(5(10,11)12,6(13,14)15)17-2-1-16;/h1-2,16H2;1H. The lowest BCUT2D eigenvalue weighted by molar-refractivity contribution is -0.456. The third-order valence-corrected chi connectivity index (χ3v) is 1.63. The molecule has 2 nitrogen and oxygen atoms in total. The highest BCUT2D eigenvalue weighted by molar-refractivity contribution is 5.85. The average molecular weight is 316 g/mol. The Kier molecular flexibility index (Phi) is 6.30. The summed E-state index contributed by atoms with van der Waals surface area (Å²) in [6.07, 6.45) is -20.1. The predicted octanol–water partition coefficient (Wildman–Crippen LogP) is 2.81. The fourth-order valence-electron chi connectivity index (χ4n) is 0.940. The Balaban J connectivity index is 0. The lowest BCUT2D eigenvalue weighted by Gasteiger charge is -2.37.